The summed E-state index contributed by atoms with van der Waals surface area (Å²) in [7, 11) is 0. The van der Waals surface area contributed by atoms with Crippen LogP contribution in [-0.4, -0.2) is 22.0 Å². The molecule has 1 amide bonds. The summed E-state index contributed by atoms with van der Waals surface area (Å²) in [6.07, 6.45) is -4.88. The number of aliphatic carboxylic acids is 1. The fourth-order valence-electron chi connectivity index (χ4n) is 2.74. The van der Waals surface area contributed by atoms with Crippen LogP contribution in [-0.2, 0) is 11.0 Å². The van der Waals surface area contributed by atoms with Gasteiger partial charge in [0.15, 0.2) is 0 Å². The van der Waals surface area contributed by atoms with E-state index >= 15 is 0 Å². The van der Waals surface area contributed by atoms with Gasteiger partial charge in [0.1, 0.15) is 10.7 Å². The first kappa shape index (κ1) is 23.1. The number of hydrogen-bond donors (Lipinski definition) is 2. The lowest BCUT2D eigenvalue weighted by atomic mass is 10.0. The molecular weight excluding hydrogens is 476 g/mol. The summed E-state index contributed by atoms with van der Waals surface area (Å²) in [5, 5.41) is 14.1. The van der Waals surface area contributed by atoms with Crippen molar-refractivity contribution >= 4 is 46.4 Å². The van der Waals surface area contributed by atoms with Crippen LogP contribution in [0.4, 0.5) is 13.2 Å². The largest absolute Gasteiger partial charge is 0.481 e. The summed E-state index contributed by atoms with van der Waals surface area (Å²) in [5.74, 6) is -1.80. The second-order valence-corrected chi connectivity index (χ2v) is 8.10. The number of carbonyl (C=O) groups excluding carboxylic acids is 1. The minimum absolute atomic E-state index is 0.000345. The Kier molecular flexibility index (Phi) is 6.88. The van der Waals surface area contributed by atoms with Crippen molar-refractivity contribution in [2.75, 3.05) is 0 Å². The lowest BCUT2D eigenvalue weighted by Gasteiger charge is -2.18. The van der Waals surface area contributed by atoms with Gasteiger partial charge in [-0.1, -0.05) is 41.4 Å². The molecule has 5 nitrogen and oxygen atoms in total. The van der Waals surface area contributed by atoms with Crippen LogP contribution >= 0.6 is 34.5 Å². The number of carbonyl (C=O) groups is 2. The van der Waals surface area contributed by atoms with Crippen LogP contribution in [0.15, 0.2) is 47.8 Å². The molecule has 2 N–H and O–H groups in total. The van der Waals surface area contributed by atoms with Crippen molar-refractivity contribution in [2.24, 2.45) is 0 Å². The van der Waals surface area contributed by atoms with E-state index in [1.807, 2.05) is 0 Å². The predicted octanol–water partition coefficient (Wildman–Crippen LogP) is 6.08. The van der Waals surface area contributed by atoms with E-state index in [1.54, 1.807) is 0 Å². The minimum atomic E-state index is -4.45. The Bertz CT molecular complexity index is 1120. The van der Waals surface area contributed by atoms with Crippen molar-refractivity contribution in [3.8, 4) is 10.6 Å². The van der Waals surface area contributed by atoms with E-state index in [2.05, 4.69) is 10.3 Å². The standard InChI is InChI=1S/C20H13Cl2F3N2O3S/c21-12-5-6-13(14(22)7-12)15(8-17(28)29)26-18(30)16-9-31-19(27-16)10-1-3-11(4-2-10)20(23,24)25/h1-7,9,15H,8H2,(H,26,30)(H,28,29). The highest BCUT2D eigenvalue weighted by atomic mass is 35.5. The van der Waals surface area contributed by atoms with Crippen LogP contribution in [0.5, 0.6) is 0 Å². The van der Waals surface area contributed by atoms with Gasteiger partial charge in [-0.25, -0.2) is 4.98 Å². The number of benzene rings is 2. The lowest BCUT2D eigenvalue weighted by Crippen LogP contribution is -2.30. The molecule has 2 aromatic carbocycles. The van der Waals surface area contributed by atoms with Gasteiger partial charge < -0.3 is 10.4 Å². The zero-order valence-corrected chi connectivity index (χ0v) is 17.7. The van der Waals surface area contributed by atoms with E-state index in [1.165, 1.54) is 35.7 Å². The molecule has 0 radical (unpaired) electrons. The highest BCUT2D eigenvalue weighted by molar-refractivity contribution is 7.13. The van der Waals surface area contributed by atoms with Crippen LogP contribution in [0.1, 0.15) is 34.1 Å². The zero-order valence-electron chi connectivity index (χ0n) is 15.4. The summed E-state index contributed by atoms with van der Waals surface area (Å²) < 4.78 is 38.1. The highest BCUT2D eigenvalue weighted by Crippen LogP contribution is 2.32. The van der Waals surface area contributed by atoms with Crippen LogP contribution < -0.4 is 5.32 Å². The molecular formula is C20H13Cl2F3N2O3S. The van der Waals surface area contributed by atoms with Crippen molar-refractivity contribution in [3.05, 3.63) is 74.7 Å². The number of aromatic nitrogens is 1. The molecule has 3 aromatic rings. The number of rotatable bonds is 6. The first-order chi connectivity index (χ1) is 14.5. The Morgan fingerprint density at radius 3 is 2.39 bits per heavy atom. The second-order valence-electron chi connectivity index (χ2n) is 6.40. The van der Waals surface area contributed by atoms with Gasteiger partial charge in [0.2, 0.25) is 0 Å². The number of nitrogens with one attached hydrogen (secondary N) is 1. The zero-order chi connectivity index (χ0) is 22.8. The molecule has 11 heteroatoms. The highest BCUT2D eigenvalue weighted by Gasteiger charge is 2.30. The van der Waals surface area contributed by atoms with E-state index in [0.29, 0.717) is 21.2 Å². The summed E-state index contributed by atoms with van der Waals surface area (Å²) >= 11 is 13.1. The van der Waals surface area contributed by atoms with Gasteiger partial charge in [0, 0.05) is 21.0 Å². The molecule has 1 unspecified atom stereocenters. The van der Waals surface area contributed by atoms with Crippen molar-refractivity contribution < 1.29 is 27.9 Å². The smallest absolute Gasteiger partial charge is 0.416 e. The minimum Gasteiger partial charge on any atom is -0.481 e. The number of hydrogen-bond acceptors (Lipinski definition) is 4. The lowest BCUT2D eigenvalue weighted by molar-refractivity contribution is -0.138. The third-order valence-electron chi connectivity index (χ3n) is 4.22. The van der Waals surface area contributed by atoms with Crippen LogP contribution in [0, 0.1) is 0 Å². The molecule has 3 rings (SSSR count). The van der Waals surface area contributed by atoms with Crippen LogP contribution in [0.2, 0.25) is 10.0 Å². The molecule has 0 fully saturated rings. The maximum atomic E-state index is 12.7. The molecule has 0 aliphatic heterocycles. The molecule has 162 valence electrons. The van der Waals surface area contributed by atoms with Crippen molar-refractivity contribution in [1.82, 2.24) is 10.3 Å². The molecule has 0 bridgehead atoms. The molecule has 1 aromatic heterocycles. The summed E-state index contributed by atoms with van der Waals surface area (Å²) in [5.41, 5.74) is 0.00221. The number of thiazole rings is 1. The Hall–Kier alpha value is -2.62. The summed E-state index contributed by atoms with van der Waals surface area (Å²) in [6, 6.07) is 7.94. The number of halogens is 5. The normalized spacial score (nSPS) is 12.4. The van der Waals surface area contributed by atoms with E-state index < -0.39 is 36.1 Å². The average molecular weight is 489 g/mol. The van der Waals surface area contributed by atoms with Crippen LogP contribution in [0.3, 0.4) is 0 Å². The van der Waals surface area contributed by atoms with Crippen LogP contribution in [0.25, 0.3) is 10.6 Å². The molecule has 0 saturated heterocycles. The Morgan fingerprint density at radius 2 is 1.81 bits per heavy atom. The summed E-state index contributed by atoms with van der Waals surface area (Å²) in [6.45, 7) is 0. The number of amides is 1. The monoisotopic (exact) mass is 488 g/mol. The SMILES string of the molecule is O=C(O)CC(NC(=O)c1csc(-c2ccc(C(F)(F)F)cc2)n1)c1ccc(Cl)cc1Cl. The van der Waals surface area contributed by atoms with Gasteiger partial charge in [-0.05, 0) is 29.8 Å². The van der Waals surface area contributed by atoms with Crippen molar-refractivity contribution in [2.45, 2.75) is 18.6 Å². The average Bonchev–Trinajstić information content (AvgIpc) is 3.17. The quantitative estimate of drug-likeness (QED) is 0.440. The molecule has 1 atom stereocenters. The van der Waals surface area contributed by atoms with E-state index in [-0.39, 0.29) is 10.7 Å². The molecule has 0 spiro atoms. The Morgan fingerprint density at radius 1 is 1.13 bits per heavy atom. The first-order valence-corrected chi connectivity index (χ1v) is 10.3. The fourth-order valence-corrected chi connectivity index (χ4v) is 4.09. The maximum Gasteiger partial charge on any atom is 0.416 e. The van der Waals surface area contributed by atoms with Gasteiger partial charge in [-0.2, -0.15) is 13.2 Å². The van der Waals surface area contributed by atoms with Crippen molar-refractivity contribution in [3.63, 3.8) is 0 Å². The summed E-state index contributed by atoms with van der Waals surface area (Å²) in [4.78, 5) is 28.1. The van der Waals surface area contributed by atoms with E-state index in [0.717, 1.165) is 23.5 Å². The first-order valence-electron chi connectivity index (χ1n) is 8.65. The Labute approximate surface area is 188 Å². The molecule has 0 aliphatic rings. The van der Waals surface area contributed by atoms with E-state index in [4.69, 9.17) is 23.2 Å². The number of carboxylic acid groups (broad SMARTS) is 1. The van der Waals surface area contributed by atoms with Gasteiger partial charge in [0.25, 0.3) is 5.91 Å². The molecule has 1 heterocycles. The molecule has 0 aliphatic carbocycles. The van der Waals surface area contributed by atoms with Gasteiger partial charge >= 0.3 is 12.1 Å². The maximum absolute atomic E-state index is 12.7. The fraction of sp³-hybridized carbons (Fsp3) is 0.150. The van der Waals surface area contributed by atoms with Gasteiger partial charge in [-0.15, -0.1) is 11.3 Å². The number of carboxylic acids is 1. The Balaban J connectivity index is 1.80. The molecule has 31 heavy (non-hydrogen) atoms. The number of alkyl halides is 3. The molecule has 0 saturated carbocycles. The van der Waals surface area contributed by atoms with E-state index in [9.17, 15) is 27.9 Å². The predicted molar refractivity (Wildman–Crippen MR) is 111 cm³/mol. The van der Waals surface area contributed by atoms with Crippen molar-refractivity contribution in [1.29, 1.82) is 0 Å². The third kappa shape index (κ3) is 5.75. The van der Waals surface area contributed by atoms with Gasteiger partial charge in [0.05, 0.1) is 18.0 Å². The van der Waals surface area contributed by atoms with Gasteiger partial charge in [-0.3, -0.25) is 9.59 Å². The number of nitrogens with zero attached hydrogens (tertiary/aromatic N) is 1. The third-order valence-corrected chi connectivity index (χ3v) is 5.67. The second kappa shape index (κ2) is 9.25. The topological polar surface area (TPSA) is 79.3 Å².